The molecule has 1 amide bonds. The second-order valence-electron chi connectivity index (χ2n) is 5.77. The van der Waals surface area contributed by atoms with E-state index in [1.54, 1.807) is 15.8 Å². The molecule has 2 rings (SSSR count). The van der Waals surface area contributed by atoms with Gasteiger partial charge in [0, 0.05) is 37.8 Å². The lowest BCUT2D eigenvalue weighted by Gasteiger charge is -2.18. The number of nitrogens with zero attached hydrogens (tertiary/aromatic N) is 5. The highest BCUT2D eigenvalue weighted by Gasteiger charge is 2.16. The first kappa shape index (κ1) is 17.5. The summed E-state index contributed by atoms with van der Waals surface area (Å²) in [5.74, 6) is 0.0825. The lowest BCUT2D eigenvalue weighted by Crippen LogP contribution is -2.27. The van der Waals surface area contributed by atoms with E-state index in [-0.39, 0.29) is 5.91 Å². The predicted molar refractivity (Wildman–Crippen MR) is 90.4 cm³/mol. The molecule has 0 saturated heterocycles. The fourth-order valence-corrected chi connectivity index (χ4v) is 2.78. The molecule has 0 aliphatic rings. The Morgan fingerprint density at radius 1 is 1.26 bits per heavy atom. The van der Waals surface area contributed by atoms with Gasteiger partial charge in [0.05, 0.1) is 29.2 Å². The molecular formula is C16H24ClN5O. The molecule has 23 heavy (non-hydrogen) atoms. The molecule has 0 atom stereocenters. The Balaban J connectivity index is 1.98. The topological polar surface area (TPSA) is 56.0 Å². The quantitative estimate of drug-likeness (QED) is 0.814. The Bertz CT molecular complexity index is 704. The molecule has 2 aromatic heterocycles. The highest BCUT2D eigenvalue weighted by atomic mass is 35.5. The largest absolute Gasteiger partial charge is 0.341 e. The maximum Gasteiger partial charge on any atom is 0.224 e. The van der Waals surface area contributed by atoms with Crippen LogP contribution in [-0.4, -0.2) is 37.4 Å². The molecule has 0 aliphatic carbocycles. The fourth-order valence-electron chi connectivity index (χ4n) is 2.64. The molecule has 0 bridgehead atoms. The van der Waals surface area contributed by atoms with Crippen LogP contribution < -0.4 is 0 Å². The number of rotatable bonds is 6. The van der Waals surface area contributed by atoms with Crippen LogP contribution in [0.25, 0.3) is 0 Å². The third kappa shape index (κ3) is 3.75. The third-order valence-electron chi connectivity index (χ3n) is 4.23. The number of carbonyl (C=O) groups is 1. The summed E-state index contributed by atoms with van der Waals surface area (Å²) in [6.45, 7) is 9.95. The van der Waals surface area contributed by atoms with E-state index in [0.717, 1.165) is 29.2 Å². The van der Waals surface area contributed by atoms with Gasteiger partial charge >= 0.3 is 0 Å². The van der Waals surface area contributed by atoms with Crippen LogP contribution >= 0.6 is 11.6 Å². The zero-order valence-corrected chi connectivity index (χ0v) is 15.2. The standard InChI is InChI=1S/C16H24ClN5O/c1-6-21-12(3)14(11(2)19-21)10-20(5)16(23)7-8-22-13(4)15(17)9-18-22/h9H,6-8,10H2,1-5H3. The van der Waals surface area contributed by atoms with Gasteiger partial charge in [0.2, 0.25) is 5.91 Å². The SMILES string of the molecule is CCn1nc(C)c(CN(C)C(=O)CCn2ncc(Cl)c2C)c1C. The fraction of sp³-hybridized carbons (Fsp3) is 0.562. The first-order chi connectivity index (χ1) is 10.8. The van der Waals surface area contributed by atoms with Crippen molar-refractivity contribution >= 4 is 17.5 Å². The molecule has 0 fully saturated rings. The Hall–Kier alpha value is -1.82. The van der Waals surface area contributed by atoms with Crippen LogP contribution in [0, 0.1) is 20.8 Å². The highest BCUT2D eigenvalue weighted by molar-refractivity contribution is 6.31. The van der Waals surface area contributed by atoms with Crippen LogP contribution in [0.15, 0.2) is 6.20 Å². The molecule has 6 nitrogen and oxygen atoms in total. The summed E-state index contributed by atoms with van der Waals surface area (Å²) in [5.41, 5.74) is 4.12. The Labute approximate surface area is 142 Å². The molecule has 0 aliphatic heterocycles. The predicted octanol–water partition coefficient (Wildman–Crippen LogP) is 2.73. The van der Waals surface area contributed by atoms with Gasteiger partial charge in [-0.05, 0) is 27.7 Å². The summed E-state index contributed by atoms with van der Waals surface area (Å²) in [7, 11) is 1.83. The van der Waals surface area contributed by atoms with E-state index in [2.05, 4.69) is 17.1 Å². The summed E-state index contributed by atoms with van der Waals surface area (Å²) in [6, 6.07) is 0. The van der Waals surface area contributed by atoms with Crippen LogP contribution in [-0.2, 0) is 24.4 Å². The third-order valence-corrected chi connectivity index (χ3v) is 4.60. The van der Waals surface area contributed by atoms with E-state index in [1.165, 1.54) is 0 Å². The van der Waals surface area contributed by atoms with Gasteiger partial charge in [0.15, 0.2) is 0 Å². The van der Waals surface area contributed by atoms with Crippen molar-refractivity contribution < 1.29 is 4.79 Å². The van der Waals surface area contributed by atoms with Gasteiger partial charge in [-0.3, -0.25) is 14.2 Å². The lowest BCUT2D eigenvalue weighted by molar-refractivity contribution is -0.130. The van der Waals surface area contributed by atoms with Gasteiger partial charge in [0.25, 0.3) is 0 Å². The minimum absolute atomic E-state index is 0.0825. The molecule has 0 spiro atoms. The van der Waals surface area contributed by atoms with Crippen LogP contribution in [0.2, 0.25) is 5.02 Å². The summed E-state index contributed by atoms with van der Waals surface area (Å²) in [5, 5.41) is 9.30. The first-order valence-corrected chi connectivity index (χ1v) is 8.17. The van der Waals surface area contributed by atoms with Crippen molar-refractivity contribution in [2.45, 2.75) is 53.8 Å². The number of aryl methyl sites for hydroxylation is 3. The van der Waals surface area contributed by atoms with Crippen molar-refractivity contribution in [1.82, 2.24) is 24.5 Å². The number of halogens is 1. The van der Waals surface area contributed by atoms with E-state index in [1.807, 2.05) is 32.5 Å². The monoisotopic (exact) mass is 337 g/mol. The second-order valence-corrected chi connectivity index (χ2v) is 6.17. The number of hydrogen-bond acceptors (Lipinski definition) is 3. The van der Waals surface area contributed by atoms with Gasteiger partial charge in [0.1, 0.15) is 0 Å². The molecule has 2 aromatic rings. The van der Waals surface area contributed by atoms with Crippen LogP contribution in [0.3, 0.4) is 0 Å². The molecule has 0 N–H and O–H groups in total. The zero-order chi connectivity index (χ0) is 17.1. The maximum absolute atomic E-state index is 12.4. The number of hydrogen-bond donors (Lipinski definition) is 0. The minimum Gasteiger partial charge on any atom is -0.341 e. The molecule has 0 radical (unpaired) electrons. The van der Waals surface area contributed by atoms with E-state index >= 15 is 0 Å². The average molecular weight is 338 g/mol. The molecule has 2 heterocycles. The molecule has 0 saturated carbocycles. The summed E-state index contributed by atoms with van der Waals surface area (Å²) < 4.78 is 3.73. The van der Waals surface area contributed by atoms with Crippen LogP contribution in [0.1, 0.15) is 36.0 Å². The van der Waals surface area contributed by atoms with Gasteiger partial charge < -0.3 is 4.90 Å². The summed E-state index contributed by atoms with van der Waals surface area (Å²) >= 11 is 5.98. The van der Waals surface area contributed by atoms with E-state index in [4.69, 9.17) is 11.6 Å². The van der Waals surface area contributed by atoms with Crippen molar-refractivity contribution in [3.05, 3.63) is 33.9 Å². The van der Waals surface area contributed by atoms with Gasteiger partial charge in [-0.1, -0.05) is 11.6 Å². The van der Waals surface area contributed by atoms with E-state index < -0.39 is 0 Å². The molecule has 0 aromatic carbocycles. The Kier molecular flexibility index (Phi) is 5.46. The molecule has 7 heteroatoms. The number of aromatic nitrogens is 4. The smallest absolute Gasteiger partial charge is 0.224 e. The van der Waals surface area contributed by atoms with Crippen LogP contribution in [0.4, 0.5) is 0 Å². The highest BCUT2D eigenvalue weighted by Crippen LogP contribution is 2.16. The Morgan fingerprint density at radius 2 is 1.96 bits per heavy atom. The van der Waals surface area contributed by atoms with Gasteiger partial charge in [-0.25, -0.2) is 0 Å². The van der Waals surface area contributed by atoms with Crippen molar-refractivity contribution in [3.8, 4) is 0 Å². The first-order valence-electron chi connectivity index (χ1n) is 7.79. The van der Waals surface area contributed by atoms with E-state index in [0.29, 0.717) is 24.5 Å². The minimum atomic E-state index is 0.0825. The van der Waals surface area contributed by atoms with Crippen LogP contribution in [0.5, 0.6) is 0 Å². The molecular weight excluding hydrogens is 314 g/mol. The maximum atomic E-state index is 12.4. The van der Waals surface area contributed by atoms with Gasteiger partial charge in [-0.15, -0.1) is 0 Å². The zero-order valence-electron chi connectivity index (χ0n) is 14.4. The normalized spacial score (nSPS) is 11.0. The summed E-state index contributed by atoms with van der Waals surface area (Å²) in [6.07, 6.45) is 2.01. The lowest BCUT2D eigenvalue weighted by atomic mass is 10.2. The van der Waals surface area contributed by atoms with Crippen molar-refractivity contribution in [1.29, 1.82) is 0 Å². The Morgan fingerprint density at radius 3 is 2.48 bits per heavy atom. The average Bonchev–Trinajstić information content (AvgIpc) is 2.99. The van der Waals surface area contributed by atoms with Gasteiger partial charge in [-0.2, -0.15) is 10.2 Å². The second kappa shape index (κ2) is 7.17. The van der Waals surface area contributed by atoms with Crippen molar-refractivity contribution in [2.24, 2.45) is 0 Å². The van der Waals surface area contributed by atoms with Crippen molar-refractivity contribution in [3.63, 3.8) is 0 Å². The molecule has 126 valence electrons. The number of carbonyl (C=O) groups excluding carboxylic acids is 1. The number of amides is 1. The summed E-state index contributed by atoms with van der Waals surface area (Å²) in [4.78, 5) is 14.1. The molecule has 0 unspecified atom stereocenters. The van der Waals surface area contributed by atoms with Crippen molar-refractivity contribution in [2.75, 3.05) is 7.05 Å². The van der Waals surface area contributed by atoms with E-state index in [9.17, 15) is 4.79 Å².